The van der Waals surface area contributed by atoms with E-state index in [2.05, 4.69) is 49.2 Å². The first-order chi connectivity index (χ1) is 15.0. The zero-order chi connectivity index (χ0) is 21.8. The highest BCUT2D eigenvalue weighted by Crippen LogP contribution is 2.39. The van der Waals surface area contributed by atoms with Crippen LogP contribution in [0.25, 0.3) is 11.3 Å². The van der Waals surface area contributed by atoms with E-state index in [1.54, 1.807) is 18.3 Å². The molecule has 1 heterocycles. The third-order valence-electron chi connectivity index (χ3n) is 5.13. The highest BCUT2D eigenvalue weighted by molar-refractivity contribution is 5.73. The minimum Gasteiger partial charge on any atom is -0.507 e. The number of aromatic hydroxyl groups is 1. The number of hydrogen-bond acceptors (Lipinski definition) is 4. The highest BCUT2D eigenvalue weighted by Gasteiger charge is 2.16. The van der Waals surface area contributed by atoms with Crippen LogP contribution in [0.2, 0.25) is 0 Å². The fourth-order valence-corrected chi connectivity index (χ4v) is 3.38. The van der Waals surface area contributed by atoms with Crippen molar-refractivity contribution in [2.75, 3.05) is 0 Å². The number of ether oxygens (including phenoxy) is 2. The van der Waals surface area contributed by atoms with Crippen LogP contribution in [-0.2, 0) is 6.61 Å². The Morgan fingerprint density at radius 2 is 1.74 bits per heavy atom. The van der Waals surface area contributed by atoms with E-state index in [-0.39, 0.29) is 5.75 Å². The molecule has 158 valence electrons. The van der Waals surface area contributed by atoms with Crippen LogP contribution < -0.4 is 9.47 Å². The van der Waals surface area contributed by atoms with Crippen LogP contribution in [0.1, 0.15) is 36.5 Å². The van der Waals surface area contributed by atoms with E-state index in [4.69, 9.17) is 9.47 Å². The van der Waals surface area contributed by atoms with E-state index in [0.717, 1.165) is 16.9 Å². The SMILES string of the molecule is Cc1ccc(COc2ccc(-c3[nH]ncc3Oc3ccccc3C(C)C)c(O)c2)cc1. The van der Waals surface area contributed by atoms with E-state index >= 15 is 0 Å². The first-order valence-corrected chi connectivity index (χ1v) is 10.3. The molecule has 0 saturated heterocycles. The number of benzene rings is 3. The third-order valence-corrected chi connectivity index (χ3v) is 5.13. The normalized spacial score (nSPS) is 11.0. The average Bonchev–Trinajstić information content (AvgIpc) is 3.21. The predicted molar refractivity (Wildman–Crippen MR) is 122 cm³/mol. The summed E-state index contributed by atoms with van der Waals surface area (Å²) < 4.78 is 12.0. The van der Waals surface area contributed by atoms with Gasteiger partial charge in [0.2, 0.25) is 0 Å². The molecule has 4 aromatic rings. The summed E-state index contributed by atoms with van der Waals surface area (Å²) in [6.07, 6.45) is 1.62. The van der Waals surface area contributed by atoms with E-state index in [1.165, 1.54) is 5.56 Å². The number of phenols is 1. The lowest BCUT2D eigenvalue weighted by molar-refractivity contribution is 0.304. The number of nitrogens with zero attached hydrogens (tertiary/aromatic N) is 1. The van der Waals surface area contributed by atoms with Crippen LogP contribution in [-0.4, -0.2) is 15.3 Å². The van der Waals surface area contributed by atoms with Gasteiger partial charge >= 0.3 is 0 Å². The van der Waals surface area contributed by atoms with Gasteiger partial charge in [-0.1, -0.05) is 61.9 Å². The molecule has 0 bridgehead atoms. The maximum Gasteiger partial charge on any atom is 0.173 e. The van der Waals surface area contributed by atoms with Crippen molar-refractivity contribution >= 4 is 0 Å². The minimum atomic E-state index is 0.0904. The van der Waals surface area contributed by atoms with E-state index in [9.17, 15) is 5.11 Å². The van der Waals surface area contributed by atoms with Crippen LogP contribution in [0.5, 0.6) is 23.0 Å². The summed E-state index contributed by atoms with van der Waals surface area (Å²) in [5.74, 6) is 2.33. The van der Waals surface area contributed by atoms with Gasteiger partial charge in [0.15, 0.2) is 5.75 Å². The van der Waals surface area contributed by atoms with Crippen LogP contribution in [0.15, 0.2) is 72.9 Å². The predicted octanol–water partition coefficient (Wildman–Crippen LogP) is 6.59. The zero-order valence-corrected chi connectivity index (χ0v) is 17.9. The fraction of sp³-hybridized carbons (Fsp3) is 0.192. The van der Waals surface area contributed by atoms with E-state index in [0.29, 0.717) is 35.3 Å². The van der Waals surface area contributed by atoms with Gasteiger partial charge in [0.1, 0.15) is 29.5 Å². The standard InChI is InChI=1S/C26H26N2O3/c1-17(2)21-6-4-5-7-24(21)31-25-15-27-28-26(25)22-13-12-20(14-23(22)29)30-16-19-10-8-18(3)9-11-19/h4-15,17,29H,16H2,1-3H3,(H,27,28). The second-order valence-corrected chi connectivity index (χ2v) is 7.86. The van der Waals surface area contributed by atoms with Gasteiger partial charge in [0.25, 0.3) is 0 Å². The number of aromatic amines is 1. The Bertz CT molecular complexity index is 1160. The molecule has 1 aromatic heterocycles. The number of para-hydroxylation sites is 1. The van der Waals surface area contributed by atoms with Crippen molar-refractivity contribution in [2.45, 2.75) is 33.3 Å². The van der Waals surface area contributed by atoms with Gasteiger partial charge in [-0.2, -0.15) is 5.10 Å². The topological polar surface area (TPSA) is 67.4 Å². The monoisotopic (exact) mass is 414 g/mol. The number of nitrogens with one attached hydrogen (secondary N) is 1. The quantitative estimate of drug-likeness (QED) is 0.358. The van der Waals surface area contributed by atoms with Crippen LogP contribution in [0.4, 0.5) is 0 Å². The third kappa shape index (κ3) is 4.72. The molecule has 0 fully saturated rings. The molecular weight excluding hydrogens is 388 g/mol. The molecule has 5 heteroatoms. The van der Waals surface area contributed by atoms with Crippen molar-refractivity contribution in [1.82, 2.24) is 10.2 Å². The Morgan fingerprint density at radius 3 is 2.48 bits per heavy atom. The molecule has 0 aliphatic carbocycles. The van der Waals surface area contributed by atoms with Gasteiger partial charge in [0.05, 0.1) is 6.20 Å². The molecule has 0 unspecified atom stereocenters. The Hall–Kier alpha value is -3.73. The fourth-order valence-electron chi connectivity index (χ4n) is 3.38. The second kappa shape index (κ2) is 8.96. The summed E-state index contributed by atoms with van der Waals surface area (Å²) in [4.78, 5) is 0. The van der Waals surface area contributed by atoms with Gasteiger partial charge in [-0.25, -0.2) is 0 Å². The Morgan fingerprint density at radius 1 is 0.968 bits per heavy atom. The van der Waals surface area contributed by atoms with Crippen molar-refractivity contribution in [3.05, 3.63) is 89.6 Å². The summed E-state index contributed by atoms with van der Waals surface area (Å²) in [5.41, 5.74) is 4.60. The maximum atomic E-state index is 10.6. The van der Waals surface area contributed by atoms with Crippen molar-refractivity contribution in [3.8, 4) is 34.3 Å². The lowest BCUT2D eigenvalue weighted by Crippen LogP contribution is -1.96. The second-order valence-electron chi connectivity index (χ2n) is 7.86. The van der Waals surface area contributed by atoms with E-state index in [1.807, 2.05) is 36.4 Å². The number of hydrogen-bond donors (Lipinski definition) is 2. The molecule has 3 aromatic carbocycles. The Labute approximate surface area is 182 Å². The van der Waals surface area contributed by atoms with Crippen molar-refractivity contribution in [1.29, 1.82) is 0 Å². The molecular formula is C26H26N2O3. The molecule has 0 atom stereocenters. The average molecular weight is 415 g/mol. The van der Waals surface area contributed by atoms with Gasteiger partial charge in [-0.15, -0.1) is 0 Å². The minimum absolute atomic E-state index is 0.0904. The number of H-pyrrole nitrogens is 1. The molecule has 0 amide bonds. The van der Waals surface area contributed by atoms with Crippen molar-refractivity contribution in [2.24, 2.45) is 0 Å². The number of rotatable bonds is 7. The van der Waals surface area contributed by atoms with Gasteiger partial charge < -0.3 is 14.6 Å². The molecule has 0 aliphatic heterocycles. The van der Waals surface area contributed by atoms with E-state index < -0.39 is 0 Å². The first kappa shape index (κ1) is 20.5. The zero-order valence-electron chi connectivity index (χ0n) is 17.9. The van der Waals surface area contributed by atoms with Gasteiger partial charge in [-0.3, -0.25) is 5.10 Å². The molecule has 0 aliphatic rings. The molecule has 0 spiro atoms. The smallest absolute Gasteiger partial charge is 0.173 e. The number of phenolic OH excluding ortho intramolecular Hbond substituents is 1. The summed E-state index contributed by atoms with van der Waals surface area (Å²) >= 11 is 0. The van der Waals surface area contributed by atoms with Crippen LogP contribution in [0.3, 0.4) is 0 Å². The van der Waals surface area contributed by atoms with Crippen LogP contribution >= 0.6 is 0 Å². The Kier molecular flexibility index (Phi) is 5.94. The summed E-state index contributed by atoms with van der Waals surface area (Å²) in [5, 5.41) is 17.7. The summed E-state index contributed by atoms with van der Waals surface area (Å²) in [7, 11) is 0. The first-order valence-electron chi connectivity index (χ1n) is 10.3. The molecule has 5 nitrogen and oxygen atoms in total. The maximum absolute atomic E-state index is 10.6. The lowest BCUT2D eigenvalue weighted by Gasteiger charge is -2.14. The van der Waals surface area contributed by atoms with Crippen molar-refractivity contribution in [3.63, 3.8) is 0 Å². The summed E-state index contributed by atoms with van der Waals surface area (Å²) in [6, 6.07) is 21.3. The molecule has 0 radical (unpaired) electrons. The van der Waals surface area contributed by atoms with Crippen molar-refractivity contribution < 1.29 is 14.6 Å². The highest BCUT2D eigenvalue weighted by atomic mass is 16.5. The largest absolute Gasteiger partial charge is 0.507 e. The van der Waals surface area contributed by atoms with Gasteiger partial charge in [0, 0.05) is 11.6 Å². The Balaban J connectivity index is 1.53. The summed E-state index contributed by atoms with van der Waals surface area (Å²) in [6.45, 7) is 6.74. The molecule has 2 N–H and O–H groups in total. The lowest BCUT2D eigenvalue weighted by atomic mass is 10.0. The molecule has 0 saturated carbocycles. The van der Waals surface area contributed by atoms with Crippen LogP contribution in [0, 0.1) is 6.92 Å². The van der Waals surface area contributed by atoms with Gasteiger partial charge in [-0.05, 0) is 42.2 Å². The number of aryl methyl sites for hydroxylation is 1. The molecule has 4 rings (SSSR count). The molecule has 31 heavy (non-hydrogen) atoms. The number of aromatic nitrogens is 2.